The highest BCUT2D eigenvalue weighted by Gasteiger charge is 2.26. The minimum atomic E-state index is 0.0964. The third kappa shape index (κ3) is 3.87. The zero-order chi connectivity index (χ0) is 16.9. The monoisotopic (exact) mass is 343 g/mol. The zero-order valence-electron chi connectivity index (χ0n) is 13.9. The van der Waals surface area contributed by atoms with Crippen LogP contribution in [0.25, 0.3) is 0 Å². The molecule has 1 aliphatic rings. The van der Waals surface area contributed by atoms with Gasteiger partial charge < -0.3 is 9.64 Å². The van der Waals surface area contributed by atoms with Crippen molar-refractivity contribution >= 4 is 17.7 Å². The van der Waals surface area contributed by atoms with Gasteiger partial charge in [0.1, 0.15) is 11.9 Å². The number of benzene rings is 1. The fourth-order valence-corrected chi connectivity index (χ4v) is 3.43. The minimum Gasteiger partial charge on any atom is -0.474 e. The molecule has 1 aliphatic heterocycles. The largest absolute Gasteiger partial charge is 0.474 e. The molecule has 3 rings (SSSR count). The van der Waals surface area contributed by atoms with Crippen LogP contribution < -0.4 is 4.74 Å². The highest BCUT2D eigenvalue weighted by atomic mass is 32.2. The highest BCUT2D eigenvalue weighted by Crippen LogP contribution is 2.24. The number of aromatic nitrogens is 2. The molecule has 1 fully saturated rings. The Labute approximate surface area is 146 Å². The molecule has 0 unspecified atom stereocenters. The third-order valence-electron chi connectivity index (χ3n) is 4.10. The first-order valence-electron chi connectivity index (χ1n) is 8.06. The van der Waals surface area contributed by atoms with E-state index in [0.29, 0.717) is 24.8 Å². The van der Waals surface area contributed by atoms with Crippen molar-refractivity contribution in [3.05, 3.63) is 47.9 Å². The topological polar surface area (TPSA) is 55.3 Å². The molecule has 0 aliphatic carbocycles. The molecule has 2 heterocycles. The number of hydrogen-bond donors (Lipinski definition) is 0. The standard InChI is InChI=1S/C18H21N3O2S/c1-13-19-10-7-17(20-13)23-14-8-11-21(12-9-14)18(22)15-5-3-4-6-16(15)24-2/h3-7,10,14H,8-9,11-12H2,1-2H3. The number of thioether (sulfide) groups is 1. The summed E-state index contributed by atoms with van der Waals surface area (Å²) in [5.74, 6) is 1.42. The van der Waals surface area contributed by atoms with Crippen LogP contribution in [0.2, 0.25) is 0 Å². The number of likely N-dealkylation sites (tertiary alicyclic amines) is 1. The van der Waals surface area contributed by atoms with E-state index in [-0.39, 0.29) is 12.0 Å². The Morgan fingerprint density at radius 3 is 2.71 bits per heavy atom. The number of nitrogens with zero attached hydrogens (tertiary/aromatic N) is 3. The van der Waals surface area contributed by atoms with Crippen molar-refractivity contribution in [2.24, 2.45) is 0 Å². The molecule has 0 atom stereocenters. The minimum absolute atomic E-state index is 0.0964. The molecule has 2 aromatic rings. The first-order valence-corrected chi connectivity index (χ1v) is 9.28. The summed E-state index contributed by atoms with van der Waals surface area (Å²) < 4.78 is 5.92. The van der Waals surface area contributed by atoms with E-state index in [2.05, 4.69) is 9.97 Å². The lowest BCUT2D eigenvalue weighted by Gasteiger charge is -2.32. The first kappa shape index (κ1) is 16.8. The second-order valence-corrected chi connectivity index (χ2v) is 6.60. The first-order chi connectivity index (χ1) is 11.7. The molecule has 126 valence electrons. The van der Waals surface area contributed by atoms with E-state index in [0.717, 1.165) is 23.3 Å². The number of amides is 1. The van der Waals surface area contributed by atoms with Crippen LogP contribution in [0.3, 0.4) is 0 Å². The predicted octanol–water partition coefficient (Wildman–Crippen LogP) is 3.19. The van der Waals surface area contributed by atoms with Gasteiger partial charge in [0.15, 0.2) is 0 Å². The maximum atomic E-state index is 12.7. The van der Waals surface area contributed by atoms with Crippen molar-refractivity contribution in [2.75, 3.05) is 19.3 Å². The van der Waals surface area contributed by atoms with Crippen LogP contribution in [0.15, 0.2) is 41.4 Å². The van der Waals surface area contributed by atoms with Gasteiger partial charge in [-0.2, -0.15) is 4.98 Å². The van der Waals surface area contributed by atoms with Gasteiger partial charge >= 0.3 is 0 Å². The smallest absolute Gasteiger partial charge is 0.254 e. The van der Waals surface area contributed by atoms with E-state index in [4.69, 9.17) is 4.74 Å². The Hall–Kier alpha value is -2.08. The van der Waals surface area contributed by atoms with Gasteiger partial charge in [0.05, 0.1) is 5.56 Å². The average molecular weight is 343 g/mol. The van der Waals surface area contributed by atoms with Gasteiger partial charge in [-0.25, -0.2) is 4.98 Å². The summed E-state index contributed by atoms with van der Waals surface area (Å²) in [4.78, 5) is 24.0. The van der Waals surface area contributed by atoms with Crippen LogP contribution in [0.5, 0.6) is 5.88 Å². The van der Waals surface area contributed by atoms with Crippen molar-refractivity contribution in [1.29, 1.82) is 0 Å². The molecule has 1 saturated heterocycles. The molecule has 5 nitrogen and oxygen atoms in total. The van der Waals surface area contributed by atoms with Gasteiger partial charge in [-0.05, 0) is 25.3 Å². The van der Waals surface area contributed by atoms with E-state index >= 15 is 0 Å². The Bertz CT molecular complexity index is 715. The number of carbonyl (C=O) groups excluding carboxylic acids is 1. The van der Waals surface area contributed by atoms with Crippen molar-refractivity contribution in [3.8, 4) is 5.88 Å². The normalized spacial score (nSPS) is 15.3. The van der Waals surface area contributed by atoms with E-state index in [9.17, 15) is 4.79 Å². The molecular formula is C18H21N3O2S. The maximum Gasteiger partial charge on any atom is 0.254 e. The van der Waals surface area contributed by atoms with Crippen LogP contribution in [-0.4, -0.2) is 46.2 Å². The predicted molar refractivity (Wildman–Crippen MR) is 94.5 cm³/mol. The number of aryl methyl sites for hydroxylation is 1. The molecule has 0 radical (unpaired) electrons. The van der Waals surface area contributed by atoms with Gasteiger partial charge in [-0.3, -0.25) is 4.79 Å². The lowest BCUT2D eigenvalue weighted by molar-refractivity contribution is 0.0584. The van der Waals surface area contributed by atoms with Crippen LogP contribution in [0.1, 0.15) is 29.0 Å². The lowest BCUT2D eigenvalue weighted by Crippen LogP contribution is -2.42. The summed E-state index contributed by atoms with van der Waals surface area (Å²) in [5, 5.41) is 0. The van der Waals surface area contributed by atoms with Gasteiger partial charge in [0.2, 0.25) is 5.88 Å². The number of piperidine rings is 1. The Balaban J connectivity index is 1.59. The van der Waals surface area contributed by atoms with Crippen LogP contribution in [0, 0.1) is 6.92 Å². The van der Waals surface area contributed by atoms with Gasteiger partial charge in [-0.15, -0.1) is 11.8 Å². The summed E-state index contributed by atoms with van der Waals surface area (Å²) in [6.45, 7) is 3.25. The van der Waals surface area contributed by atoms with Crippen molar-refractivity contribution in [1.82, 2.24) is 14.9 Å². The molecule has 0 bridgehead atoms. The lowest BCUT2D eigenvalue weighted by atomic mass is 10.1. The van der Waals surface area contributed by atoms with Gasteiger partial charge in [0.25, 0.3) is 5.91 Å². The zero-order valence-corrected chi connectivity index (χ0v) is 14.8. The quantitative estimate of drug-likeness (QED) is 0.798. The number of ether oxygens (including phenoxy) is 1. The highest BCUT2D eigenvalue weighted by molar-refractivity contribution is 7.98. The Morgan fingerprint density at radius 2 is 2.00 bits per heavy atom. The van der Waals surface area contributed by atoms with Crippen molar-refractivity contribution < 1.29 is 9.53 Å². The average Bonchev–Trinajstić information content (AvgIpc) is 2.62. The summed E-state index contributed by atoms with van der Waals surface area (Å²) in [6, 6.07) is 9.55. The summed E-state index contributed by atoms with van der Waals surface area (Å²) >= 11 is 1.61. The van der Waals surface area contributed by atoms with Crippen LogP contribution in [-0.2, 0) is 0 Å². The second kappa shape index (κ2) is 7.66. The molecule has 6 heteroatoms. The number of rotatable bonds is 4. The molecule has 0 N–H and O–H groups in total. The van der Waals surface area contributed by atoms with Gasteiger partial charge in [-0.1, -0.05) is 12.1 Å². The van der Waals surface area contributed by atoms with Crippen molar-refractivity contribution in [2.45, 2.75) is 30.8 Å². The summed E-state index contributed by atoms with van der Waals surface area (Å²) in [6.07, 6.45) is 5.43. The van der Waals surface area contributed by atoms with E-state index in [1.165, 1.54) is 0 Å². The SMILES string of the molecule is CSc1ccccc1C(=O)N1CCC(Oc2ccnc(C)n2)CC1. The Morgan fingerprint density at radius 1 is 1.25 bits per heavy atom. The van der Waals surface area contributed by atoms with Crippen LogP contribution in [0.4, 0.5) is 0 Å². The number of carbonyl (C=O) groups is 1. The summed E-state index contributed by atoms with van der Waals surface area (Å²) in [7, 11) is 0. The summed E-state index contributed by atoms with van der Waals surface area (Å²) in [5.41, 5.74) is 0.788. The molecule has 0 saturated carbocycles. The fourth-order valence-electron chi connectivity index (χ4n) is 2.84. The molecule has 0 spiro atoms. The maximum absolute atomic E-state index is 12.7. The van der Waals surface area contributed by atoms with E-state index < -0.39 is 0 Å². The van der Waals surface area contributed by atoms with Crippen molar-refractivity contribution in [3.63, 3.8) is 0 Å². The third-order valence-corrected chi connectivity index (χ3v) is 4.90. The fraction of sp³-hybridized carbons (Fsp3) is 0.389. The molecule has 24 heavy (non-hydrogen) atoms. The number of hydrogen-bond acceptors (Lipinski definition) is 5. The van der Waals surface area contributed by atoms with E-state index in [1.807, 2.05) is 42.3 Å². The molecule has 1 aromatic heterocycles. The second-order valence-electron chi connectivity index (χ2n) is 5.75. The molecule has 1 aromatic carbocycles. The van der Waals surface area contributed by atoms with Crippen LogP contribution >= 0.6 is 11.8 Å². The van der Waals surface area contributed by atoms with E-state index in [1.54, 1.807) is 24.0 Å². The van der Waals surface area contributed by atoms with Gasteiger partial charge in [0, 0.05) is 43.1 Å². The Kier molecular flexibility index (Phi) is 5.35. The molecular weight excluding hydrogens is 322 g/mol. The molecule has 1 amide bonds.